The molecule has 0 radical (unpaired) electrons. The maximum Gasteiger partial charge on any atom is 0.224 e. The number of carbonyl (C=O) groups excluding carboxylic acids is 1. The van der Waals surface area contributed by atoms with Crippen LogP contribution >= 0.6 is 11.6 Å². The highest BCUT2D eigenvalue weighted by molar-refractivity contribution is 6.30. The summed E-state index contributed by atoms with van der Waals surface area (Å²) in [5.41, 5.74) is 0.667. The lowest BCUT2D eigenvalue weighted by molar-refractivity contribution is -0.120. The Balaban J connectivity index is 1.79. The number of pyridine rings is 1. The Morgan fingerprint density at radius 3 is 2.95 bits per heavy atom. The van der Waals surface area contributed by atoms with Crippen molar-refractivity contribution in [1.29, 1.82) is 0 Å². The Labute approximate surface area is 133 Å². The van der Waals surface area contributed by atoms with Crippen LogP contribution in [0.1, 0.15) is 12.5 Å². The summed E-state index contributed by atoms with van der Waals surface area (Å²) in [4.78, 5) is 15.8. The molecule has 1 unspecified atom stereocenters. The fourth-order valence-electron chi connectivity index (χ4n) is 1.86. The number of benzene rings is 1. The minimum absolute atomic E-state index is 0.152. The summed E-state index contributed by atoms with van der Waals surface area (Å²) in [5, 5.41) is 3.07. The van der Waals surface area contributed by atoms with Gasteiger partial charge in [-0.1, -0.05) is 23.7 Å². The summed E-state index contributed by atoms with van der Waals surface area (Å²) in [6.07, 6.45) is 1.44. The van der Waals surface area contributed by atoms with Gasteiger partial charge < -0.3 is 10.1 Å². The largest absolute Gasteiger partial charge is 0.489 e. The second-order valence-corrected chi connectivity index (χ2v) is 5.18. The van der Waals surface area contributed by atoms with Crippen LogP contribution in [0.25, 0.3) is 0 Å². The van der Waals surface area contributed by atoms with Crippen molar-refractivity contribution in [3.8, 4) is 5.75 Å². The quantitative estimate of drug-likeness (QED) is 0.832. The van der Waals surface area contributed by atoms with Crippen molar-refractivity contribution in [2.75, 3.05) is 6.54 Å². The monoisotopic (exact) mass is 322 g/mol. The molecule has 0 spiro atoms. The van der Waals surface area contributed by atoms with Gasteiger partial charge in [0.05, 0.1) is 13.0 Å². The Morgan fingerprint density at radius 2 is 2.23 bits per heavy atom. The van der Waals surface area contributed by atoms with Crippen molar-refractivity contribution in [1.82, 2.24) is 10.3 Å². The predicted octanol–water partition coefficient (Wildman–Crippen LogP) is 3.00. The number of ether oxygens (including phenoxy) is 1. The van der Waals surface area contributed by atoms with Gasteiger partial charge in [-0.2, -0.15) is 0 Å². The number of nitrogens with one attached hydrogen (secondary N) is 1. The number of nitrogens with zero attached hydrogens (tertiary/aromatic N) is 1. The molecule has 1 aromatic carbocycles. The lowest BCUT2D eigenvalue weighted by Gasteiger charge is -2.15. The molecule has 1 atom stereocenters. The van der Waals surface area contributed by atoms with Crippen LogP contribution in [0.15, 0.2) is 42.6 Å². The van der Waals surface area contributed by atoms with Gasteiger partial charge in [-0.05, 0) is 30.7 Å². The first-order chi connectivity index (χ1) is 10.5. The molecule has 0 aliphatic carbocycles. The van der Waals surface area contributed by atoms with Gasteiger partial charge in [0.2, 0.25) is 5.91 Å². The molecule has 6 heteroatoms. The van der Waals surface area contributed by atoms with E-state index >= 15 is 0 Å². The molecule has 2 rings (SSSR count). The number of hydrogen-bond donors (Lipinski definition) is 1. The molecule has 22 heavy (non-hydrogen) atoms. The molecular formula is C16H16ClFN2O2. The van der Waals surface area contributed by atoms with Crippen molar-refractivity contribution in [2.45, 2.75) is 19.4 Å². The third kappa shape index (κ3) is 5.00. The van der Waals surface area contributed by atoms with Gasteiger partial charge in [-0.25, -0.2) is 9.37 Å². The van der Waals surface area contributed by atoms with Gasteiger partial charge >= 0.3 is 0 Å². The Morgan fingerprint density at radius 1 is 1.41 bits per heavy atom. The molecule has 0 saturated carbocycles. The summed E-state index contributed by atoms with van der Waals surface area (Å²) in [7, 11) is 0. The van der Waals surface area contributed by atoms with Gasteiger partial charge in [0.25, 0.3) is 0 Å². The smallest absolute Gasteiger partial charge is 0.224 e. The second-order valence-electron chi connectivity index (χ2n) is 4.82. The number of carbonyl (C=O) groups is 1. The molecule has 0 aliphatic heterocycles. The number of hydrogen-bond acceptors (Lipinski definition) is 3. The maximum absolute atomic E-state index is 13.0. The van der Waals surface area contributed by atoms with Crippen LogP contribution in [0.4, 0.5) is 4.39 Å². The number of aromatic nitrogens is 1. The van der Waals surface area contributed by atoms with Crippen LogP contribution in [-0.4, -0.2) is 23.5 Å². The van der Waals surface area contributed by atoms with E-state index in [-0.39, 0.29) is 24.2 Å². The third-order valence-electron chi connectivity index (χ3n) is 2.91. The first-order valence-electron chi connectivity index (χ1n) is 6.83. The summed E-state index contributed by atoms with van der Waals surface area (Å²) >= 11 is 5.90. The Hall–Kier alpha value is -2.14. The number of rotatable bonds is 6. The zero-order chi connectivity index (χ0) is 15.9. The summed E-state index contributed by atoms with van der Waals surface area (Å²) in [6, 6.07) is 9.35. The molecule has 0 fully saturated rings. The van der Waals surface area contributed by atoms with E-state index in [9.17, 15) is 9.18 Å². The predicted molar refractivity (Wildman–Crippen MR) is 82.5 cm³/mol. The first kappa shape index (κ1) is 16.2. The molecule has 116 valence electrons. The van der Waals surface area contributed by atoms with Crippen LogP contribution < -0.4 is 10.1 Å². The minimum Gasteiger partial charge on any atom is -0.489 e. The van der Waals surface area contributed by atoms with Gasteiger partial charge in [-0.3, -0.25) is 4.79 Å². The van der Waals surface area contributed by atoms with Gasteiger partial charge in [0.15, 0.2) is 0 Å². The molecule has 4 nitrogen and oxygen atoms in total. The first-order valence-corrected chi connectivity index (χ1v) is 7.20. The van der Waals surface area contributed by atoms with Crippen molar-refractivity contribution in [3.63, 3.8) is 0 Å². The van der Waals surface area contributed by atoms with Crippen LogP contribution in [0.2, 0.25) is 5.15 Å². The fraction of sp³-hybridized carbons (Fsp3) is 0.250. The topological polar surface area (TPSA) is 51.2 Å². The average molecular weight is 323 g/mol. The minimum atomic E-state index is -0.361. The SMILES string of the molecule is CC(CNC(=O)Cc1cccnc1Cl)Oc1cccc(F)c1. The molecule has 1 N–H and O–H groups in total. The second kappa shape index (κ2) is 7.75. The molecule has 1 amide bonds. The standard InChI is InChI=1S/C16H16ClFN2O2/c1-11(22-14-6-2-5-13(18)9-14)10-20-15(21)8-12-4-3-7-19-16(12)17/h2-7,9,11H,8,10H2,1H3,(H,20,21). The zero-order valence-electron chi connectivity index (χ0n) is 12.1. The van der Waals surface area contributed by atoms with Crippen LogP contribution in [0.5, 0.6) is 5.75 Å². The van der Waals surface area contributed by atoms with Crippen LogP contribution in [0, 0.1) is 5.82 Å². The van der Waals surface area contributed by atoms with Crippen molar-refractivity contribution in [3.05, 3.63) is 59.1 Å². The number of amides is 1. The Bertz CT molecular complexity index is 652. The molecule has 1 aromatic heterocycles. The van der Waals surface area contributed by atoms with E-state index in [0.29, 0.717) is 23.0 Å². The molecule has 0 bridgehead atoms. The van der Waals surface area contributed by atoms with E-state index < -0.39 is 0 Å². The van der Waals surface area contributed by atoms with Crippen LogP contribution in [0.3, 0.4) is 0 Å². The maximum atomic E-state index is 13.0. The lowest BCUT2D eigenvalue weighted by Crippen LogP contribution is -2.34. The molecule has 0 saturated heterocycles. The molecule has 1 heterocycles. The molecular weight excluding hydrogens is 307 g/mol. The van der Waals surface area contributed by atoms with Gasteiger partial charge in [0.1, 0.15) is 22.8 Å². The third-order valence-corrected chi connectivity index (χ3v) is 3.25. The van der Waals surface area contributed by atoms with Crippen molar-refractivity contribution >= 4 is 17.5 Å². The normalized spacial score (nSPS) is 11.8. The van der Waals surface area contributed by atoms with E-state index in [0.717, 1.165) is 0 Å². The summed E-state index contributed by atoms with van der Waals surface area (Å²) in [5.74, 6) is -0.110. The summed E-state index contributed by atoms with van der Waals surface area (Å²) < 4.78 is 18.6. The van der Waals surface area contributed by atoms with Gasteiger partial charge in [-0.15, -0.1) is 0 Å². The molecule has 0 aliphatic rings. The van der Waals surface area contributed by atoms with Crippen molar-refractivity contribution in [2.24, 2.45) is 0 Å². The van der Waals surface area contributed by atoms with Crippen LogP contribution in [-0.2, 0) is 11.2 Å². The average Bonchev–Trinajstić information content (AvgIpc) is 2.48. The van der Waals surface area contributed by atoms with Gasteiger partial charge in [0, 0.05) is 12.3 Å². The van der Waals surface area contributed by atoms with E-state index in [4.69, 9.17) is 16.3 Å². The highest BCUT2D eigenvalue weighted by atomic mass is 35.5. The highest BCUT2D eigenvalue weighted by Crippen LogP contribution is 2.14. The fourth-order valence-corrected chi connectivity index (χ4v) is 2.04. The van der Waals surface area contributed by atoms with E-state index in [2.05, 4.69) is 10.3 Å². The van der Waals surface area contributed by atoms with E-state index in [1.807, 2.05) is 0 Å². The Kier molecular flexibility index (Phi) is 5.72. The van der Waals surface area contributed by atoms with E-state index in [1.165, 1.54) is 12.1 Å². The molecule has 2 aromatic rings. The van der Waals surface area contributed by atoms with Crippen molar-refractivity contribution < 1.29 is 13.9 Å². The van der Waals surface area contributed by atoms with E-state index in [1.54, 1.807) is 37.4 Å². The number of halogens is 2. The zero-order valence-corrected chi connectivity index (χ0v) is 12.8. The summed E-state index contributed by atoms with van der Waals surface area (Å²) in [6.45, 7) is 2.11. The highest BCUT2D eigenvalue weighted by Gasteiger charge is 2.10. The lowest BCUT2D eigenvalue weighted by atomic mass is 10.2.